The lowest BCUT2D eigenvalue weighted by atomic mass is 9.76. The zero-order chi connectivity index (χ0) is 20.7. The average Bonchev–Trinajstić information content (AvgIpc) is 2.79. The van der Waals surface area contributed by atoms with Crippen LogP contribution in [0.5, 0.6) is 0 Å². The monoisotopic (exact) mass is 396 g/mol. The van der Waals surface area contributed by atoms with Gasteiger partial charge in [-0.15, -0.1) is 0 Å². The first-order chi connectivity index (χ1) is 14.7. The molecule has 0 radical (unpaired) electrons. The highest BCUT2D eigenvalue weighted by Gasteiger charge is 2.46. The molecule has 2 aliphatic rings. The van der Waals surface area contributed by atoms with E-state index in [9.17, 15) is 9.59 Å². The van der Waals surface area contributed by atoms with E-state index in [-0.39, 0.29) is 17.9 Å². The molecule has 3 aromatic rings. The predicted molar refractivity (Wildman–Crippen MR) is 118 cm³/mol. The van der Waals surface area contributed by atoms with Gasteiger partial charge in [-0.05, 0) is 53.3 Å². The number of hydrogen-bond acceptors (Lipinski definition) is 2. The fraction of sp³-hybridized carbons (Fsp3) is 0.231. The summed E-state index contributed by atoms with van der Waals surface area (Å²) in [4.78, 5) is 28.8. The lowest BCUT2D eigenvalue weighted by Crippen LogP contribution is -2.49. The Morgan fingerprint density at radius 3 is 2.60 bits per heavy atom. The van der Waals surface area contributed by atoms with Gasteiger partial charge in [0.15, 0.2) is 0 Å². The van der Waals surface area contributed by atoms with Crippen LogP contribution in [-0.2, 0) is 17.6 Å². The van der Waals surface area contributed by atoms with Gasteiger partial charge in [-0.2, -0.15) is 0 Å². The van der Waals surface area contributed by atoms with Crippen LogP contribution in [-0.4, -0.2) is 23.3 Å². The second-order valence-electron chi connectivity index (χ2n) is 8.00. The Morgan fingerprint density at radius 1 is 1.00 bits per heavy atom. The van der Waals surface area contributed by atoms with Gasteiger partial charge in [-0.3, -0.25) is 9.59 Å². The molecule has 0 bridgehead atoms. The minimum atomic E-state index is -0.453. The van der Waals surface area contributed by atoms with Gasteiger partial charge in [-0.1, -0.05) is 61.5 Å². The molecule has 0 saturated heterocycles. The summed E-state index contributed by atoms with van der Waals surface area (Å²) in [5, 5.41) is 3.13. The number of carbonyl (C=O) groups excluding carboxylic acids is 2. The molecule has 2 heterocycles. The van der Waals surface area contributed by atoms with Crippen LogP contribution in [0, 0.1) is 0 Å². The highest BCUT2D eigenvalue weighted by atomic mass is 16.2. The van der Waals surface area contributed by atoms with Gasteiger partial charge in [0.1, 0.15) is 0 Å². The van der Waals surface area contributed by atoms with Crippen LogP contribution < -0.4 is 5.32 Å². The quantitative estimate of drug-likeness (QED) is 0.696. The van der Waals surface area contributed by atoms with E-state index in [1.54, 1.807) is 0 Å². The summed E-state index contributed by atoms with van der Waals surface area (Å²) in [7, 11) is 0. The second kappa shape index (κ2) is 7.45. The van der Waals surface area contributed by atoms with Gasteiger partial charge < -0.3 is 10.2 Å². The molecule has 4 heteroatoms. The predicted octanol–water partition coefficient (Wildman–Crippen LogP) is 4.72. The van der Waals surface area contributed by atoms with Gasteiger partial charge in [0.05, 0.1) is 12.0 Å². The highest BCUT2D eigenvalue weighted by Crippen LogP contribution is 2.46. The van der Waals surface area contributed by atoms with Gasteiger partial charge in [0.25, 0.3) is 5.91 Å². The van der Waals surface area contributed by atoms with Gasteiger partial charge in [-0.25, -0.2) is 0 Å². The van der Waals surface area contributed by atoms with E-state index in [1.165, 1.54) is 11.1 Å². The van der Waals surface area contributed by atoms with Crippen molar-refractivity contribution in [2.75, 3.05) is 11.9 Å². The third kappa shape index (κ3) is 3.00. The van der Waals surface area contributed by atoms with E-state index in [4.69, 9.17) is 0 Å². The maximum Gasteiger partial charge on any atom is 0.254 e. The Labute approximate surface area is 176 Å². The number of hydrogen-bond donors (Lipinski definition) is 1. The Bertz CT molecular complexity index is 1140. The number of nitrogens with zero attached hydrogens (tertiary/aromatic N) is 1. The summed E-state index contributed by atoms with van der Waals surface area (Å²) >= 11 is 0. The molecule has 30 heavy (non-hydrogen) atoms. The smallest absolute Gasteiger partial charge is 0.254 e. The minimum Gasteiger partial charge on any atom is -0.330 e. The van der Waals surface area contributed by atoms with Crippen LogP contribution in [0.15, 0.2) is 72.8 Å². The minimum absolute atomic E-state index is 0.0159. The molecule has 0 unspecified atom stereocenters. The Kier molecular flexibility index (Phi) is 4.62. The second-order valence-corrected chi connectivity index (χ2v) is 8.00. The molecule has 0 saturated carbocycles. The molecule has 0 aliphatic carbocycles. The summed E-state index contributed by atoms with van der Waals surface area (Å²) < 4.78 is 0. The largest absolute Gasteiger partial charge is 0.330 e. The number of nitrogens with one attached hydrogen (secondary N) is 1. The van der Waals surface area contributed by atoms with Crippen LogP contribution >= 0.6 is 0 Å². The maximum atomic E-state index is 13.7. The fourth-order valence-corrected chi connectivity index (χ4v) is 4.85. The first-order valence-electron chi connectivity index (χ1n) is 10.5. The lowest BCUT2D eigenvalue weighted by molar-refractivity contribution is -0.119. The molecule has 0 fully saturated rings. The SMILES string of the molecule is CCc1cccc(NC(=O)[C@H]2c3ccccc3C(=O)N3CCc4ccccc4[C@@H]23)c1. The molecular formula is C26H24N2O2. The summed E-state index contributed by atoms with van der Waals surface area (Å²) in [5.41, 5.74) is 5.71. The summed E-state index contributed by atoms with van der Waals surface area (Å²) in [5.74, 6) is -0.511. The van der Waals surface area contributed by atoms with Crippen molar-refractivity contribution in [2.45, 2.75) is 31.7 Å². The molecule has 2 amide bonds. The first-order valence-corrected chi connectivity index (χ1v) is 10.5. The van der Waals surface area contributed by atoms with Gasteiger partial charge in [0.2, 0.25) is 5.91 Å². The number of carbonyl (C=O) groups is 2. The Balaban J connectivity index is 1.61. The average molecular weight is 396 g/mol. The van der Waals surface area contributed by atoms with E-state index in [0.29, 0.717) is 12.1 Å². The number of fused-ring (bicyclic) bond motifs is 4. The van der Waals surface area contributed by atoms with Crippen molar-refractivity contribution >= 4 is 17.5 Å². The van der Waals surface area contributed by atoms with Crippen molar-refractivity contribution in [3.05, 3.63) is 101 Å². The molecular weight excluding hydrogens is 372 g/mol. The van der Waals surface area contributed by atoms with Crippen molar-refractivity contribution in [1.82, 2.24) is 4.90 Å². The molecule has 150 valence electrons. The number of benzene rings is 3. The number of amides is 2. The van der Waals surface area contributed by atoms with Crippen molar-refractivity contribution < 1.29 is 9.59 Å². The lowest BCUT2D eigenvalue weighted by Gasteiger charge is -2.45. The highest BCUT2D eigenvalue weighted by molar-refractivity contribution is 6.04. The van der Waals surface area contributed by atoms with E-state index in [0.717, 1.165) is 29.7 Å². The molecule has 1 N–H and O–H groups in total. The van der Waals surface area contributed by atoms with E-state index < -0.39 is 5.92 Å². The third-order valence-corrected chi connectivity index (χ3v) is 6.32. The van der Waals surface area contributed by atoms with E-state index >= 15 is 0 Å². The Morgan fingerprint density at radius 2 is 1.77 bits per heavy atom. The van der Waals surface area contributed by atoms with Crippen LogP contribution in [0.2, 0.25) is 0 Å². The summed E-state index contributed by atoms with van der Waals surface area (Å²) in [6.07, 6.45) is 1.72. The molecule has 0 aromatic heterocycles. The zero-order valence-corrected chi connectivity index (χ0v) is 17.0. The van der Waals surface area contributed by atoms with Crippen LogP contribution in [0.4, 0.5) is 5.69 Å². The van der Waals surface area contributed by atoms with Crippen molar-refractivity contribution in [3.8, 4) is 0 Å². The molecule has 3 aromatic carbocycles. The first kappa shape index (κ1) is 18.6. The topological polar surface area (TPSA) is 49.4 Å². The third-order valence-electron chi connectivity index (χ3n) is 6.32. The summed E-state index contributed by atoms with van der Waals surface area (Å²) in [6.45, 7) is 2.73. The fourth-order valence-electron chi connectivity index (χ4n) is 4.85. The van der Waals surface area contributed by atoms with E-state index in [2.05, 4.69) is 30.4 Å². The van der Waals surface area contributed by atoms with Crippen LogP contribution in [0.25, 0.3) is 0 Å². The van der Waals surface area contributed by atoms with Crippen molar-refractivity contribution in [2.24, 2.45) is 0 Å². The number of anilines is 1. The molecule has 0 spiro atoms. The van der Waals surface area contributed by atoms with Crippen molar-refractivity contribution in [3.63, 3.8) is 0 Å². The summed E-state index contributed by atoms with van der Waals surface area (Å²) in [6, 6.07) is 23.4. The molecule has 2 aliphatic heterocycles. The van der Waals surface area contributed by atoms with Crippen molar-refractivity contribution in [1.29, 1.82) is 0 Å². The van der Waals surface area contributed by atoms with Crippen LogP contribution in [0.3, 0.4) is 0 Å². The van der Waals surface area contributed by atoms with Gasteiger partial charge >= 0.3 is 0 Å². The number of rotatable bonds is 3. The Hall–Kier alpha value is -3.40. The molecule has 5 rings (SSSR count). The maximum absolute atomic E-state index is 13.7. The normalized spacial score (nSPS) is 19.5. The van der Waals surface area contributed by atoms with Gasteiger partial charge in [0, 0.05) is 17.8 Å². The zero-order valence-electron chi connectivity index (χ0n) is 17.0. The molecule has 4 nitrogen and oxygen atoms in total. The number of aryl methyl sites for hydroxylation is 1. The van der Waals surface area contributed by atoms with E-state index in [1.807, 2.05) is 59.5 Å². The standard InChI is InChI=1S/C26H24N2O2/c1-2-17-8-7-10-19(16-17)27-25(29)23-21-12-5-6-13-22(21)26(30)28-15-14-18-9-3-4-11-20(18)24(23)28/h3-13,16,23-24H,2,14-15H2,1H3,(H,27,29)/t23-,24-/m0/s1. The molecule has 2 atom stereocenters. The van der Waals surface area contributed by atoms with Crippen LogP contribution in [0.1, 0.15) is 51.5 Å².